The molecule has 0 spiro atoms. The summed E-state index contributed by atoms with van der Waals surface area (Å²) in [6.45, 7) is 0. The standard InChI is InChI=1S/C10H21NO4S2/c1-16(12,13)7-4-5-9(11)10-6-2-3-8-17(10,14)15/h9-10H,2-8,11H2,1H3. The minimum atomic E-state index is -3.06. The van der Waals surface area contributed by atoms with Gasteiger partial charge in [0, 0.05) is 18.1 Å². The van der Waals surface area contributed by atoms with Crippen LogP contribution in [0.25, 0.3) is 0 Å². The first kappa shape index (κ1) is 14.9. The van der Waals surface area contributed by atoms with E-state index in [1.165, 1.54) is 6.26 Å². The van der Waals surface area contributed by atoms with Crippen molar-refractivity contribution in [2.45, 2.75) is 43.4 Å². The summed E-state index contributed by atoms with van der Waals surface area (Å²) in [7, 11) is -6.05. The first-order valence-electron chi connectivity index (χ1n) is 5.87. The van der Waals surface area contributed by atoms with Crippen LogP contribution in [0.15, 0.2) is 0 Å². The van der Waals surface area contributed by atoms with Gasteiger partial charge < -0.3 is 5.73 Å². The Balaban J connectivity index is 2.49. The summed E-state index contributed by atoms with van der Waals surface area (Å²) >= 11 is 0. The van der Waals surface area contributed by atoms with E-state index in [0.717, 1.165) is 12.8 Å². The SMILES string of the molecule is CS(=O)(=O)CCCC(N)C1CCCCS1(=O)=O. The lowest BCUT2D eigenvalue weighted by molar-refractivity contribution is 0.478. The molecule has 0 radical (unpaired) electrons. The van der Waals surface area contributed by atoms with Crippen molar-refractivity contribution in [3.05, 3.63) is 0 Å². The fourth-order valence-corrected chi connectivity index (χ4v) is 5.02. The molecule has 7 heteroatoms. The molecule has 102 valence electrons. The van der Waals surface area contributed by atoms with Crippen LogP contribution in [0.3, 0.4) is 0 Å². The smallest absolute Gasteiger partial charge is 0.154 e. The van der Waals surface area contributed by atoms with Crippen LogP contribution in [0, 0.1) is 0 Å². The summed E-state index contributed by atoms with van der Waals surface area (Å²) in [5, 5.41) is -0.476. The van der Waals surface area contributed by atoms with Crippen LogP contribution in [-0.4, -0.2) is 45.9 Å². The number of hydrogen-bond donors (Lipinski definition) is 1. The van der Waals surface area contributed by atoms with Crippen molar-refractivity contribution in [1.82, 2.24) is 0 Å². The van der Waals surface area contributed by atoms with Gasteiger partial charge in [-0.25, -0.2) is 16.8 Å². The summed E-state index contributed by atoms with van der Waals surface area (Å²) in [6.07, 6.45) is 4.29. The third-order valence-electron chi connectivity index (χ3n) is 3.16. The molecule has 2 atom stereocenters. The van der Waals surface area contributed by atoms with Crippen LogP contribution in [0.4, 0.5) is 0 Å². The maximum atomic E-state index is 11.8. The Kier molecular flexibility index (Phi) is 4.97. The maximum Gasteiger partial charge on any atom is 0.154 e. The molecular formula is C10H21NO4S2. The zero-order valence-corrected chi connectivity index (χ0v) is 11.8. The second kappa shape index (κ2) is 5.67. The van der Waals surface area contributed by atoms with Crippen molar-refractivity contribution in [3.8, 4) is 0 Å². The first-order chi connectivity index (χ1) is 7.72. The molecule has 1 fully saturated rings. The van der Waals surface area contributed by atoms with Gasteiger partial charge in [-0.15, -0.1) is 0 Å². The summed E-state index contributed by atoms with van der Waals surface area (Å²) in [6, 6.07) is -0.429. The Morgan fingerprint density at radius 3 is 2.53 bits per heavy atom. The second-order valence-electron chi connectivity index (χ2n) is 4.84. The molecule has 1 aliphatic heterocycles. The number of nitrogens with two attached hydrogens (primary N) is 1. The number of rotatable bonds is 5. The minimum Gasteiger partial charge on any atom is -0.327 e. The van der Waals surface area contributed by atoms with Crippen LogP contribution in [-0.2, 0) is 19.7 Å². The van der Waals surface area contributed by atoms with E-state index in [4.69, 9.17) is 5.73 Å². The maximum absolute atomic E-state index is 11.8. The topological polar surface area (TPSA) is 94.3 Å². The largest absolute Gasteiger partial charge is 0.327 e. The molecule has 0 amide bonds. The highest BCUT2D eigenvalue weighted by Gasteiger charge is 2.33. The van der Waals surface area contributed by atoms with Crippen LogP contribution < -0.4 is 5.73 Å². The molecule has 0 bridgehead atoms. The van der Waals surface area contributed by atoms with E-state index >= 15 is 0 Å². The van der Waals surface area contributed by atoms with Gasteiger partial charge in [0.25, 0.3) is 0 Å². The molecule has 0 aromatic heterocycles. The van der Waals surface area contributed by atoms with Gasteiger partial charge in [-0.2, -0.15) is 0 Å². The Hall–Kier alpha value is -0.140. The molecule has 0 saturated carbocycles. The molecule has 0 aromatic rings. The molecule has 1 heterocycles. The van der Waals surface area contributed by atoms with E-state index in [-0.39, 0.29) is 11.5 Å². The van der Waals surface area contributed by atoms with Crippen molar-refractivity contribution in [3.63, 3.8) is 0 Å². The quantitative estimate of drug-likeness (QED) is 0.772. The highest BCUT2D eigenvalue weighted by atomic mass is 32.2. The lowest BCUT2D eigenvalue weighted by Crippen LogP contribution is -2.43. The van der Waals surface area contributed by atoms with Crippen molar-refractivity contribution in [2.75, 3.05) is 17.8 Å². The predicted octanol–water partition coefficient (Wildman–Crippen LogP) is 0.106. The van der Waals surface area contributed by atoms with E-state index in [1.807, 2.05) is 0 Å². The molecule has 17 heavy (non-hydrogen) atoms. The lowest BCUT2D eigenvalue weighted by Gasteiger charge is -2.27. The minimum absolute atomic E-state index is 0.0769. The highest BCUT2D eigenvalue weighted by molar-refractivity contribution is 7.92. The molecule has 1 saturated heterocycles. The van der Waals surface area contributed by atoms with Gasteiger partial charge in [0.05, 0.1) is 11.0 Å². The molecule has 1 aliphatic rings. The van der Waals surface area contributed by atoms with E-state index in [1.54, 1.807) is 0 Å². The normalized spacial score (nSPS) is 26.6. The van der Waals surface area contributed by atoms with Crippen molar-refractivity contribution in [2.24, 2.45) is 5.73 Å². The summed E-state index contributed by atoms with van der Waals surface area (Å²) < 4.78 is 45.5. The molecule has 0 aliphatic carbocycles. The van der Waals surface area contributed by atoms with Gasteiger partial charge in [-0.3, -0.25) is 0 Å². The lowest BCUT2D eigenvalue weighted by atomic mass is 10.0. The molecule has 0 aromatic carbocycles. The average molecular weight is 283 g/mol. The highest BCUT2D eigenvalue weighted by Crippen LogP contribution is 2.23. The van der Waals surface area contributed by atoms with E-state index in [0.29, 0.717) is 19.3 Å². The van der Waals surface area contributed by atoms with Crippen LogP contribution in [0.2, 0.25) is 0 Å². The Bertz CT molecular complexity index is 441. The van der Waals surface area contributed by atoms with Crippen molar-refractivity contribution in [1.29, 1.82) is 0 Å². The van der Waals surface area contributed by atoms with Crippen LogP contribution >= 0.6 is 0 Å². The molecule has 5 nitrogen and oxygen atoms in total. The van der Waals surface area contributed by atoms with E-state index in [2.05, 4.69) is 0 Å². The summed E-state index contributed by atoms with van der Waals surface area (Å²) in [5.74, 6) is 0.297. The van der Waals surface area contributed by atoms with Gasteiger partial charge in [0.1, 0.15) is 9.84 Å². The zero-order chi connectivity index (χ0) is 13.1. The van der Waals surface area contributed by atoms with Crippen molar-refractivity contribution >= 4 is 19.7 Å². The van der Waals surface area contributed by atoms with E-state index in [9.17, 15) is 16.8 Å². The third-order valence-corrected chi connectivity index (χ3v) is 6.55. The van der Waals surface area contributed by atoms with E-state index < -0.39 is 31.0 Å². The molecular weight excluding hydrogens is 262 g/mol. The van der Waals surface area contributed by atoms with Crippen molar-refractivity contribution < 1.29 is 16.8 Å². The summed E-state index contributed by atoms with van der Waals surface area (Å²) in [4.78, 5) is 0. The third kappa shape index (κ3) is 4.93. The Labute approximate surface area is 104 Å². The molecule has 2 N–H and O–H groups in total. The zero-order valence-electron chi connectivity index (χ0n) is 10.1. The fraction of sp³-hybridized carbons (Fsp3) is 1.00. The number of hydrogen-bond acceptors (Lipinski definition) is 5. The van der Waals surface area contributed by atoms with Gasteiger partial charge >= 0.3 is 0 Å². The van der Waals surface area contributed by atoms with Crippen LogP contribution in [0.5, 0.6) is 0 Å². The first-order valence-corrected chi connectivity index (χ1v) is 9.65. The average Bonchev–Trinajstić information content (AvgIpc) is 2.14. The predicted molar refractivity (Wildman–Crippen MR) is 68.3 cm³/mol. The van der Waals surface area contributed by atoms with Gasteiger partial charge in [-0.1, -0.05) is 6.42 Å². The van der Waals surface area contributed by atoms with Crippen LogP contribution in [0.1, 0.15) is 32.1 Å². The number of sulfone groups is 2. The molecule has 1 rings (SSSR count). The van der Waals surface area contributed by atoms with Gasteiger partial charge in [0.15, 0.2) is 9.84 Å². The van der Waals surface area contributed by atoms with Gasteiger partial charge in [0.2, 0.25) is 0 Å². The monoisotopic (exact) mass is 283 g/mol. The fourth-order valence-electron chi connectivity index (χ4n) is 2.23. The second-order valence-corrected chi connectivity index (χ2v) is 9.44. The summed E-state index contributed by atoms with van der Waals surface area (Å²) in [5.41, 5.74) is 5.88. The molecule has 2 unspecified atom stereocenters. The van der Waals surface area contributed by atoms with Gasteiger partial charge in [-0.05, 0) is 25.7 Å². The Morgan fingerprint density at radius 1 is 1.35 bits per heavy atom. The Morgan fingerprint density at radius 2 is 2.00 bits per heavy atom.